The molecule has 1 amide bonds. The summed E-state index contributed by atoms with van der Waals surface area (Å²) in [4.78, 5) is 13.8. The maximum atomic E-state index is 12.7. The first-order valence-corrected chi connectivity index (χ1v) is 10.9. The van der Waals surface area contributed by atoms with Gasteiger partial charge in [-0.25, -0.2) is 0 Å². The predicted octanol–water partition coefficient (Wildman–Crippen LogP) is 5.70. The molecule has 5 nitrogen and oxygen atoms in total. The van der Waals surface area contributed by atoms with Crippen LogP contribution in [-0.2, 0) is 4.79 Å². The smallest absolute Gasteiger partial charge is 0.225 e. The number of carbonyl (C=O) groups is 1. The molecule has 0 radical (unpaired) electrons. The van der Waals surface area contributed by atoms with Gasteiger partial charge in [-0.3, -0.25) is 4.79 Å². The lowest BCUT2D eigenvalue weighted by Crippen LogP contribution is -2.23. The van der Waals surface area contributed by atoms with E-state index in [4.69, 9.17) is 14.2 Å². The molecule has 1 atom stereocenters. The Morgan fingerprint density at radius 1 is 1.10 bits per heavy atom. The molecule has 4 rings (SSSR count). The summed E-state index contributed by atoms with van der Waals surface area (Å²) in [7, 11) is 3.29. The molecule has 1 aromatic heterocycles. The highest BCUT2D eigenvalue weighted by molar-refractivity contribution is 7.11. The minimum absolute atomic E-state index is 0.00456. The fourth-order valence-electron chi connectivity index (χ4n) is 3.79. The number of fused-ring (bicyclic) bond motifs is 1. The molecule has 0 fully saturated rings. The number of methoxy groups -OCH3 is 2. The van der Waals surface area contributed by atoms with E-state index < -0.39 is 0 Å². The van der Waals surface area contributed by atoms with E-state index in [2.05, 4.69) is 17.6 Å². The number of benzene rings is 2. The van der Waals surface area contributed by atoms with Gasteiger partial charge in [0.25, 0.3) is 0 Å². The van der Waals surface area contributed by atoms with E-state index in [1.54, 1.807) is 25.6 Å². The van der Waals surface area contributed by atoms with Crippen molar-refractivity contribution in [2.45, 2.75) is 25.7 Å². The minimum atomic E-state index is -0.0762. The molecule has 0 bridgehead atoms. The van der Waals surface area contributed by atoms with Crippen LogP contribution in [0.25, 0.3) is 11.1 Å². The molecule has 1 aliphatic heterocycles. The van der Waals surface area contributed by atoms with Crippen molar-refractivity contribution in [3.05, 3.63) is 58.3 Å². The molecule has 2 aromatic carbocycles. The normalized spacial score (nSPS) is 15.3. The van der Waals surface area contributed by atoms with Gasteiger partial charge in [0.2, 0.25) is 5.91 Å². The molecule has 1 aliphatic rings. The zero-order valence-electron chi connectivity index (χ0n) is 17.4. The van der Waals surface area contributed by atoms with Crippen molar-refractivity contribution < 1.29 is 19.0 Å². The number of rotatable bonds is 7. The number of hydrogen-bond acceptors (Lipinski definition) is 5. The number of para-hydroxylation sites is 1. The van der Waals surface area contributed by atoms with Crippen LogP contribution >= 0.6 is 11.3 Å². The summed E-state index contributed by atoms with van der Waals surface area (Å²) >= 11 is 1.67. The predicted molar refractivity (Wildman–Crippen MR) is 120 cm³/mol. The Hall–Kier alpha value is -2.99. The van der Waals surface area contributed by atoms with Gasteiger partial charge in [-0.1, -0.05) is 31.2 Å². The second kappa shape index (κ2) is 8.79. The third kappa shape index (κ3) is 3.75. The fraction of sp³-hybridized carbons (Fsp3) is 0.292. The van der Waals surface area contributed by atoms with Crippen molar-refractivity contribution in [1.82, 2.24) is 0 Å². The van der Waals surface area contributed by atoms with Crippen molar-refractivity contribution in [3.63, 3.8) is 0 Å². The molecule has 0 spiro atoms. The van der Waals surface area contributed by atoms with Gasteiger partial charge in [0.1, 0.15) is 5.75 Å². The summed E-state index contributed by atoms with van der Waals surface area (Å²) in [6.45, 7) is 2.67. The molecule has 0 aliphatic carbocycles. The van der Waals surface area contributed by atoms with Crippen molar-refractivity contribution in [3.8, 4) is 28.4 Å². The number of anilines is 1. The van der Waals surface area contributed by atoms with Crippen LogP contribution < -0.4 is 19.5 Å². The highest BCUT2D eigenvalue weighted by Crippen LogP contribution is 2.49. The van der Waals surface area contributed by atoms with Crippen LogP contribution in [-0.4, -0.2) is 26.7 Å². The molecule has 0 unspecified atom stereocenters. The Bertz CT molecular complexity index is 1040. The summed E-state index contributed by atoms with van der Waals surface area (Å²) in [5.41, 5.74) is 3.94. The lowest BCUT2D eigenvalue weighted by atomic mass is 9.88. The first kappa shape index (κ1) is 20.3. The Kier molecular flexibility index (Phi) is 5.95. The maximum absolute atomic E-state index is 12.7. The number of ether oxygens (including phenoxy) is 3. The molecule has 0 saturated heterocycles. The third-order valence-electron chi connectivity index (χ3n) is 5.25. The van der Waals surface area contributed by atoms with Gasteiger partial charge in [-0.05, 0) is 30.2 Å². The van der Waals surface area contributed by atoms with Gasteiger partial charge < -0.3 is 19.5 Å². The molecule has 0 saturated carbocycles. The minimum Gasteiger partial charge on any atom is -0.497 e. The Morgan fingerprint density at radius 2 is 1.90 bits per heavy atom. The summed E-state index contributed by atoms with van der Waals surface area (Å²) in [5.74, 6) is 2.16. The number of carbonyl (C=O) groups excluding carboxylic acids is 1. The van der Waals surface area contributed by atoms with Crippen LogP contribution in [0.5, 0.6) is 17.2 Å². The van der Waals surface area contributed by atoms with Crippen LogP contribution in [0.4, 0.5) is 5.69 Å². The number of hydrogen-bond donors (Lipinski definition) is 1. The molecule has 156 valence electrons. The zero-order valence-corrected chi connectivity index (χ0v) is 18.2. The van der Waals surface area contributed by atoms with Gasteiger partial charge in [0.15, 0.2) is 11.5 Å². The lowest BCUT2D eigenvalue weighted by molar-refractivity contribution is -0.116. The van der Waals surface area contributed by atoms with E-state index in [1.807, 2.05) is 42.5 Å². The first-order valence-electron chi connectivity index (χ1n) is 10.0. The molecular weight excluding hydrogens is 398 g/mol. The molecule has 1 N–H and O–H groups in total. The average Bonchev–Trinajstić information content (AvgIpc) is 3.20. The first-order chi connectivity index (χ1) is 14.7. The van der Waals surface area contributed by atoms with Crippen molar-refractivity contribution >= 4 is 22.9 Å². The van der Waals surface area contributed by atoms with Crippen LogP contribution in [0.1, 0.15) is 36.1 Å². The summed E-state index contributed by atoms with van der Waals surface area (Å²) < 4.78 is 16.9. The van der Waals surface area contributed by atoms with Crippen molar-refractivity contribution in [2.75, 3.05) is 26.1 Å². The Morgan fingerprint density at radius 3 is 2.60 bits per heavy atom. The maximum Gasteiger partial charge on any atom is 0.225 e. The largest absolute Gasteiger partial charge is 0.497 e. The van der Waals surface area contributed by atoms with Crippen LogP contribution in [0.15, 0.2) is 47.8 Å². The summed E-state index contributed by atoms with van der Waals surface area (Å²) in [6.07, 6.45) is 1.28. The molecule has 30 heavy (non-hydrogen) atoms. The number of nitrogens with one attached hydrogen (secondary N) is 1. The quantitative estimate of drug-likeness (QED) is 0.530. The van der Waals surface area contributed by atoms with E-state index in [1.165, 1.54) is 0 Å². The number of amides is 1. The Balaban J connectivity index is 1.78. The van der Waals surface area contributed by atoms with Crippen LogP contribution in [0.3, 0.4) is 0 Å². The van der Waals surface area contributed by atoms with Gasteiger partial charge in [0, 0.05) is 33.7 Å². The standard InChI is InChI=1S/C24H25NO4S/c1-4-12-29-23-17(6-5-7-20(23)28-3)18-13-21(26)25-22-19(14-30-24(18)22)15-8-10-16(27-2)11-9-15/h5-11,14,18H,4,12-13H2,1-3H3,(H,25,26)/t18-/m0/s1. The van der Waals surface area contributed by atoms with Crippen LogP contribution in [0, 0.1) is 0 Å². The van der Waals surface area contributed by atoms with E-state index >= 15 is 0 Å². The second-order valence-electron chi connectivity index (χ2n) is 7.15. The van der Waals surface area contributed by atoms with Gasteiger partial charge in [-0.15, -0.1) is 11.3 Å². The van der Waals surface area contributed by atoms with E-state index in [-0.39, 0.29) is 11.8 Å². The van der Waals surface area contributed by atoms with Gasteiger partial charge >= 0.3 is 0 Å². The highest BCUT2D eigenvalue weighted by Gasteiger charge is 2.33. The topological polar surface area (TPSA) is 56.8 Å². The summed E-state index contributed by atoms with van der Waals surface area (Å²) in [5, 5.41) is 5.20. The molecule has 3 aromatic rings. The van der Waals surface area contributed by atoms with Crippen molar-refractivity contribution in [2.24, 2.45) is 0 Å². The van der Waals surface area contributed by atoms with E-state index in [0.29, 0.717) is 18.8 Å². The van der Waals surface area contributed by atoms with Crippen LogP contribution in [0.2, 0.25) is 0 Å². The van der Waals surface area contributed by atoms with Crippen molar-refractivity contribution in [1.29, 1.82) is 0 Å². The molecular formula is C24H25NO4S. The fourth-order valence-corrected chi connectivity index (χ4v) is 4.94. The molecule has 2 heterocycles. The highest BCUT2D eigenvalue weighted by atomic mass is 32.1. The Labute approximate surface area is 180 Å². The summed E-state index contributed by atoms with van der Waals surface area (Å²) in [6, 6.07) is 13.8. The monoisotopic (exact) mass is 423 g/mol. The van der Waals surface area contributed by atoms with E-state index in [0.717, 1.165) is 45.2 Å². The molecule has 6 heteroatoms. The number of thiophene rings is 1. The third-order valence-corrected chi connectivity index (χ3v) is 6.34. The average molecular weight is 424 g/mol. The second-order valence-corrected chi connectivity index (χ2v) is 8.06. The van der Waals surface area contributed by atoms with Gasteiger partial charge in [-0.2, -0.15) is 0 Å². The lowest BCUT2D eigenvalue weighted by Gasteiger charge is -2.26. The SMILES string of the molecule is CCCOc1c(OC)cccc1[C@@H]1CC(=O)Nc2c(-c3ccc(OC)cc3)csc21. The van der Waals surface area contributed by atoms with E-state index in [9.17, 15) is 4.79 Å². The van der Waals surface area contributed by atoms with Gasteiger partial charge in [0.05, 0.1) is 26.5 Å². The zero-order chi connectivity index (χ0) is 21.1.